The molecule has 0 N–H and O–H groups in total. The summed E-state index contributed by atoms with van der Waals surface area (Å²) in [5, 5.41) is 2.14. The topological polar surface area (TPSA) is 42.0 Å². The molecule has 1 atom stereocenters. The van der Waals surface area contributed by atoms with Gasteiger partial charge in [0.05, 0.1) is 25.7 Å². The fourth-order valence-electron chi connectivity index (χ4n) is 4.43. The number of ether oxygens (including phenoxy) is 2. The van der Waals surface area contributed by atoms with E-state index in [1.54, 1.807) is 7.11 Å². The Morgan fingerprint density at radius 1 is 1.17 bits per heavy atom. The summed E-state index contributed by atoms with van der Waals surface area (Å²) in [5.41, 5.74) is 0.927. The van der Waals surface area contributed by atoms with E-state index < -0.39 is 0 Å². The zero-order chi connectivity index (χ0) is 20.1. The predicted molar refractivity (Wildman–Crippen MR) is 115 cm³/mol. The maximum Gasteiger partial charge on any atom is 0.226 e. The van der Waals surface area contributed by atoms with Crippen LogP contribution in [-0.2, 0) is 22.5 Å². The summed E-state index contributed by atoms with van der Waals surface area (Å²) in [5.74, 6) is 1.03. The van der Waals surface area contributed by atoms with Gasteiger partial charge in [0.25, 0.3) is 0 Å². The van der Waals surface area contributed by atoms with Gasteiger partial charge in [-0.25, -0.2) is 0 Å². The van der Waals surface area contributed by atoms with Crippen LogP contribution in [0.5, 0.6) is 5.75 Å². The Bertz CT molecular complexity index is 793. The minimum absolute atomic E-state index is 0.106. The van der Waals surface area contributed by atoms with Gasteiger partial charge < -0.3 is 14.4 Å². The van der Waals surface area contributed by atoms with Crippen LogP contribution in [0.3, 0.4) is 0 Å². The van der Waals surface area contributed by atoms with Crippen molar-refractivity contribution in [2.75, 3.05) is 39.9 Å². The standard InChI is InChI=1S/C23H30N2O3S/c1-27-20-7-5-19(6-8-20)16-22(26)25-11-3-9-23(10-12-25)18-24(13-14-28-23)17-21-4-2-15-29-21/h2,4-8,15H,3,9-14,16-18H2,1H3. The molecule has 3 heterocycles. The summed E-state index contributed by atoms with van der Waals surface area (Å²) in [7, 11) is 1.65. The van der Waals surface area contributed by atoms with Gasteiger partial charge in [-0.3, -0.25) is 9.69 Å². The predicted octanol–water partition coefficient (Wildman–Crippen LogP) is 3.58. The Morgan fingerprint density at radius 3 is 2.79 bits per heavy atom. The van der Waals surface area contributed by atoms with Gasteiger partial charge in [0, 0.05) is 37.6 Å². The fraction of sp³-hybridized carbons (Fsp3) is 0.522. The van der Waals surface area contributed by atoms with Crippen LogP contribution < -0.4 is 4.74 Å². The Labute approximate surface area is 177 Å². The molecule has 0 aliphatic carbocycles. The third kappa shape index (κ3) is 5.18. The normalized spacial score (nSPS) is 23.1. The minimum Gasteiger partial charge on any atom is -0.497 e. The monoisotopic (exact) mass is 414 g/mol. The smallest absolute Gasteiger partial charge is 0.226 e. The average molecular weight is 415 g/mol. The molecule has 1 unspecified atom stereocenters. The molecule has 0 radical (unpaired) electrons. The molecular weight excluding hydrogens is 384 g/mol. The fourth-order valence-corrected chi connectivity index (χ4v) is 5.18. The van der Waals surface area contributed by atoms with Crippen LogP contribution >= 0.6 is 11.3 Å². The molecule has 29 heavy (non-hydrogen) atoms. The molecule has 2 aromatic rings. The lowest BCUT2D eigenvalue weighted by Crippen LogP contribution is -2.51. The Morgan fingerprint density at radius 2 is 2.03 bits per heavy atom. The summed E-state index contributed by atoms with van der Waals surface area (Å²) in [4.78, 5) is 18.8. The second-order valence-corrected chi connectivity index (χ2v) is 9.11. The van der Waals surface area contributed by atoms with Crippen molar-refractivity contribution in [3.8, 4) is 5.75 Å². The van der Waals surface area contributed by atoms with Crippen molar-refractivity contribution >= 4 is 17.2 Å². The lowest BCUT2D eigenvalue weighted by Gasteiger charge is -2.42. The van der Waals surface area contributed by atoms with E-state index in [4.69, 9.17) is 9.47 Å². The molecule has 0 saturated carbocycles. The lowest BCUT2D eigenvalue weighted by atomic mass is 9.92. The van der Waals surface area contributed by atoms with E-state index in [-0.39, 0.29) is 11.5 Å². The lowest BCUT2D eigenvalue weighted by molar-refractivity contribution is -0.132. The van der Waals surface area contributed by atoms with Crippen molar-refractivity contribution in [3.63, 3.8) is 0 Å². The first-order valence-corrected chi connectivity index (χ1v) is 11.3. The maximum absolute atomic E-state index is 12.9. The first-order valence-electron chi connectivity index (χ1n) is 10.5. The van der Waals surface area contributed by atoms with Crippen molar-refractivity contribution in [2.45, 2.75) is 37.8 Å². The molecule has 2 aliphatic rings. The molecule has 2 aliphatic heterocycles. The first-order chi connectivity index (χ1) is 14.2. The minimum atomic E-state index is -0.106. The van der Waals surface area contributed by atoms with Crippen molar-refractivity contribution in [1.82, 2.24) is 9.80 Å². The summed E-state index contributed by atoms with van der Waals surface area (Å²) in [6.07, 6.45) is 3.39. The van der Waals surface area contributed by atoms with Crippen molar-refractivity contribution in [1.29, 1.82) is 0 Å². The summed E-state index contributed by atoms with van der Waals surface area (Å²) in [6.45, 7) is 5.34. The third-order valence-electron chi connectivity index (χ3n) is 6.05. The molecule has 6 heteroatoms. The molecule has 1 amide bonds. The largest absolute Gasteiger partial charge is 0.497 e. The van der Waals surface area contributed by atoms with Gasteiger partial charge in [0.1, 0.15) is 5.75 Å². The van der Waals surface area contributed by atoms with Gasteiger partial charge in [-0.1, -0.05) is 18.2 Å². The van der Waals surface area contributed by atoms with E-state index in [1.807, 2.05) is 40.5 Å². The number of hydrogen-bond donors (Lipinski definition) is 0. The van der Waals surface area contributed by atoms with Crippen LogP contribution in [0, 0.1) is 0 Å². The van der Waals surface area contributed by atoms with Gasteiger partial charge in [0.2, 0.25) is 5.91 Å². The number of nitrogens with zero attached hydrogens (tertiary/aromatic N) is 2. The second-order valence-electron chi connectivity index (χ2n) is 8.08. The number of methoxy groups -OCH3 is 1. The van der Waals surface area contributed by atoms with Gasteiger partial charge in [0.15, 0.2) is 0 Å². The van der Waals surface area contributed by atoms with E-state index in [2.05, 4.69) is 22.4 Å². The van der Waals surface area contributed by atoms with Crippen molar-refractivity contribution in [3.05, 3.63) is 52.2 Å². The SMILES string of the molecule is COc1ccc(CC(=O)N2CCCC3(CC2)CN(Cc2cccs2)CCO3)cc1. The molecule has 1 spiro atoms. The average Bonchev–Trinajstić information content (AvgIpc) is 3.16. The van der Waals surface area contributed by atoms with E-state index in [0.29, 0.717) is 6.42 Å². The molecule has 4 rings (SSSR count). The van der Waals surface area contributed by atoms with E-state index in [9.17, 15) is 4.79 Å². The number of benzene rings is 1. The van der Waals surface area contributed by atoms with Gasteiger partial charge in [-0.05, 0) is 48.4 Å². The van der Waals surface area contributed by atoms with Gasteiger partial charge >= 0.3 is 0 Å². The zero-order valence-corrected chi connectivity index (χ0v) is 18.0. The highest BCUT2D eigenvalue weighted by atomic mass is 32.1. The second kappa shape index (κ2) is 9.28. The number of rotatable bonds is 5. The highest BCUT2D eigenvalue weighted by molar-refractivity contribution is 7.09. The highest BCUT2D eigenvalue weighted by Crippen LogP contribution is 2.31. The number of morpholine rings is 1. The summed E-state index contributed by atoms with van der Waals surface area (Å²) >= 11 is 1.82. The van der Waals surface area contributed by atoms with Crippen molar-refractivity contribution in [2.24, 2.45) is 0 Å². The Balaban J connectivity index is 1.33. The summed E-state index contributed by atoms with van der Waals surface area (Å²) in [6, 6.07) is 12.1. The van der Waals surface area contributed by atoms with Crippen LogP contribution in [0.2, 0.25) is 0 Å². The van der Waals surface area contributed by atoms with E-state index in [0.717, 1.165) is 69.9 Å². The number of thiophene rings is 1. The number of amides is 1. The zero-order valence-electron chi connectivity index (χ0n) is 17.1. The van der Waals surface area contributed by atoms with Gasteiger partial charge in [-0.2, -0.15) is 0 Å². The van der Waals surface area contributed by atoms with Gasteiger partial charge in [-0.15, -0.1) is 11.3 Å². The molecule has 1 aromatic carbocycles. The quantitative estimate of drug-likeness (QED) is 0.750. The molecule has 2 saturated heterocycles. The summed E-state index contributed by atoms with van der Waals surface area (Å²) < 4.78 is 11.5. The molecule has 5 nitrogen and oxygen atoms in total. The molecule has 0 bridgehead atoms. The molecule has 156 valence electrons. The van der Waals surface area contributed by atoms with Crippen LogP contribution in [-0.4, -0.2) is 61.2 Å². The Hall–Kier alpha value is -1.89. The molecule has 2 fully saturated rings. The number of likely N-dealkylation sites (tertiary alicyclic amines) is 1. The van der Waals surface area contributed by atoms with Crippen LogP contribution in [0.1, 0.15) is 29.7 Å². The van der Waals surface area contributed by atoms with Crippen LogP contribution in [0.25, 0.3) is 0 Å². The number of carbonyl (C=O) groups is 1. The Kier molecular flexibility index (Phi) is 6.53. The van der Waals surface area contributed by atoms with Crippen LogP contribution in [0.4, 0.5) is 0 Å². The maximum atomic E-state index is 12.9. The molecule has 1 aromatic heterocycles. The highest BCUT2D eigenvalue weighted by Gasteiger charge is 2.38. The number of carbonyl (C=O) groups excluding carboxylic acids is 1. The molecular formula is C23H30N2O3S. The van der Waals surface area contributed by atoms with Crippen LogP contribution in [0.15, 0.2) is 41.8 Å². The van der Waals surface area contributed by atoms with E-state index >= 15 is 0 Å². The number of hydrogen-bond acceptors (Lipinski definition) is 5. The third-order valence-corrected chi connectivity index (χ3v) is 6.91. The first kappa shape index (κ1) is 20.4. The van der Waals surface area contributed by atoms with E-state index in [1.165, 1.54) is 4.88 Å². The van der Waals surface area contributed by atoms with Crippen molar-refractivity contribution < 1.29 is 14.3 Å².